The lowest BCUT2D eigenvalue weighted by Gasteiger charge is -2.04. The number of hydrogen-bond acceptors (Lipinski definition) is 1. The minimum Gasteiger partial charge on any atom is -0.351 e. The van der Waals surface area contributed by atoms with Gasteiger partial charge in [-0.1, -0.05) is 6.92 Å². The van der Waals surface area contributed by atoms with Gasteiger partial charge in [-0.3, -0.25) is 4.79 Å². The summed E-state index contributed by atoms with van der Waals surface area (Å²) in [6, 6.07) is 0. The number of hydrogen-bond donors (Lipinski definition) is 2. The highest BCUT2D eigenvalue weighted by Gasteiger charge is 2.50. The van der Waals surface area contributed by atoms with Gasteiger partial charge in [0.05, 0.1) is 0 Å². The van der Waals surface area contributed by atoms with E-state index in [1.807, 2.05) is 6.92 Å². The van der Waals surface area contributed by atoms with Gasteiger partial charge in [-0.15, -0.1) is 0 Å². The molecule has 3 heteroatoms. The van der Waals surface area contributed by atoms with Crippen LogP contribution in [0.4, 0.5) is 0 Å². The average molecular weight is 143 g/mol. The zero-order valence-electron chi connectivity index (χ0n) is 6.44. The molecule has 0 saturated heterocycles. The van der Waals surface area contributed by atoms with E-state index in [9.17, 15) is 4.79 Å². The van der Waals surface area contributed by atoms with Gasteiger partial charge >= 0.3 is 0 Å². The Morgan fingerprint density at radius 2 is 2.30 bits per heavy atom. The molecule has 0 radical (unpaired) electrons. The van der Waals surface area contributed by atoms with Crippen LogP contribution in [-0.2, 0) is 4.79 Å². The summed E-state index contributed by atoms with van der Waals surface area (Å²) in [6.45, 7) is 2.83. The molecule has 0 atom stereocenters. The lowest BCUT2D eigenvalue weighted by molar-refractivity contribution is -0.420. The second-order valence-corrected chi connectivity index (χ2v) is 3.04. The molecule has 0 aromatic carbocycles. The third kappa shape index (κ3) is 1.48. The van der Waals surface area contributed by atoms with Gasteiger partial charge in [0.15, 0.2) is 5.54 Å². The predicted octanol–water partition coefficient (Wildman–Crippen LogP) is -0.713. The van der Waals surface area contributed by atoms with Crippen LogP contribution in [0.15, 0.2) is 0 Å². The summed E-state index contributed by atoms with van der Waals surface area (Å²) in [4.78, 5) is 11.1. The zero-order chi connectivity index (χ0) is 7.61. The number of quaternary nitrogens is 1. The second-order valence-electron chi connectivity index (χ2n) is 3.04. The molecule has 1 rings (SSSR count). The van der Waals surface area contributed by atoms with Crippen LogP contribution in [0.3, 0.4) is 0 Å². The van der Waals surface area contributed by atoms with Crippen molar-refractivity contribution in [3.8, 4) is 0 Å². The van der Waals surface area contributed by atoms with Crippen molar-refractivity contribution in [2.24, 2.45) is 0 Å². The van der Waals surface area contributed by atoms with E-state index in [2.05, 4.69) is 11.1 Å². The van der Waals surface area contributed by atoms with Gasteiger partial charge in [0.2, 0.25) is 0 Å². The fourth-order valence-corrected chi connectivity index (χ4v) is 0.804. The van der Waals surface area contributed by atoms with Gasteiger partial charge in [-0.25, -0.2) is 0 Å². The van der Waals surface area contributed by atoms with Crippen LogP contribution in [0.5, 0.6) is 0 Å². The molecule has 0 bridgehead atoms. The van der Waals surface area contributed by atoms with E-state index in [0.717, 1.165) is 25.8 Å². The van der Waals surface area contributed by atoms with Gasteiger partial charge in [0, 0.05) is 19.4 Å². The van der Waals surface area contributed by atoms with E-state index in [1.165, 1.54) is 0 Å². The second kappa shape index (κ2) is 2.58. The lowest BCUT2D eigenvalue weighted by atomic mass is 10.3. The average Bonchev–Trinajstić information content (AvgIpc) is 2.64. The Morgan fingerprint density at radius 1 is 1.70 bits per heavy atom. The van der Waals surface area contributed by atoms with Crippen molar-refractivity contribution in [2.45, 2.75) is 31.7 Å². The highest BCUT2D eigenvalue weighted by molar-refractivity contribution is 5.87. The lowest BCUT2D eigenvalue weighted by Crippen LogP contribution is -2.70. The van der Waals surface area contributed by atoms with E-state index >= 15 is 0 Å². The molecule has 10 heavy (non-hydrogen) atoms. The molecule has 0 heterocycles. The highest BCUT2D eigenvalue weighted by Crippen LogP contribution is 2.29. The molecule has 0 aromatic rings. The van der Waals surface area contributed by atoms with E-state index < -0.39 is 0 Å². The monoisotopic (exact) mass is 143 g/mol. The van der Waals surface area contributed by atoms with Crippen LogP contribution < -0.4 is 11.1 Å². The molecule has 1 saturated carbocycles. The third-order valence-corrected chi connectivity index (χ3v) is 1.87. The standard InChI is InChI=1S/C7H14N2O/c1-2-5-9-6(10)7(8)3-4-7/h2-5,8H2,1H3,(H,9,10)/p+1. The van der Waals surface area contributed by atoms with Gasteiger partial charge in [-0.2, -0.15) is 0 Å². The molecule has 1 aliphatic carbocycles. The van der Waals surface area contributed by atoms with E-state index in [-0.39, 0.29) is 11.4 Å². The molecule has 0 unspecified atom stereocenters. The van der Waals surface area contributed by atoms with Crippen LogP contribution in [0, 0.1) is 0 Å². The normalized spacial score (nSPS) is 20.2. The summed E-state index contributed by atoms with van der Waals surface area (Å²) in [7, 11) is 0. The molecular weight excluding hydrogens is 128 g/mol. The molecule has 1 aliphatic rings. The van der Waals surface area contributed by atoms with Crippen molar-refractivity contribution >= 4 is 5.91 Å². The van der Waals surface area contributed by atoms with Crippen molar-refractivity contribution in [2.75, 3.05) is 6.54 Å². The van der Waals surface area contributed by atoms with Crippen molar-refractivity contribution in [3.05, 3.63) is 0 Å². The molecule has 0 aliphatic heterocycles. The van der Waals surface area contributed by atoms with Crippen LogP contribution >= 0.6 is 0 Å². The topological polar surface area (TPSA) is 56.7 Å². The Labute approximate surface area is 61.0 Å². The molecule has 1 fully saturated rings. The largest absolute Gasteiger partial charge is 0.351 e. The van der Waals surface area contributed by atoms with Crippen LogP contribution in [-0.4, -0.2) is 18.0 Å². The van der Waals surface area contributed by atoms with Crippen molar-refractivity contribution in [1.29, 1.82) is 0 Å². The fraction of sp³-hybridized carbons (Fsp3) is 0.857. The SMILES string of the molecule is CCCNC(=O)C1([NH3+])CC1. The van der Waals surface area contributed by atoms with Crippen molar-refractivity contribution in [1.82, 2.24) is 5.32 Å². The molecule has 4 N–H and O–H groups in total. The first-order valence-corrected chi connectivity index (χ1v) is 3.83. The maximum Gasteiger partial charge on any atom is 0.281 e. The zero-order valence-corrected chi connectivity index (χ0v) is 6.44. The highest BCUT2D eigenvalue weighted by atomic mass is 16.2. The van der Waals surface area contributed by atoms with E-state index in [4.69, 9.17) is 0 Å². The number of rotatable bonds is 3. The molecule has 1 amide bonds. The quantitative estimate of drug-likeness (QED) is 0.538. The first-order chi connectivity index (χ1) is 4.69. The van der Waals surface area contributed by atoms with E-state index in [1.54, 1.807) is 0 Å². The summed E-state index contributed by atoms with van der Waals surface area (Å²) >= 11 is 0. The van der Waals surface area contributed by atoms with Crippen LogP contribution in [0.1, 0.15) is 26.2 Å². The number of carbonyl (C=O) groups excluding carboxylic acids is 1. The minimum atomic E-state index is -0.241. The fourth-order valence-electron chi connectivity index (χ4n) is 0.804. The number of nitrogens with one attached hydrogen (secondary N) is 1. The van der Waals surface area contributed by atoms with Crippen molar-refractivity contribution < 1.29 is 10.5 Å². The van der Waals surface area contributed by atoms with Crippen LogP contribution in [0.25, 0.3) is 0 Å². The molecule has 58 valence electrons. The van der Waals surface area contributed by atoms with Gasteiger partial charge in [0.25, 0.3) is 5.91 Å². The summed E-state index contributed by atoms with van der Waals surface area (Å²) in [5.41, 5.74) is 3.58. The molecule has 0 spiro atoms. The summed E-state index contributed by atoms with van der Waals surface area (Å²) in [6.07, 6.45) is 2.92. The smallest absolute Gasteiger partial charge is 0.281 e. The summed E-state index contributed by atoms with van der Waals surface area (Å²) in [5.74, 6) is 0.134. The maximum atomic E-state index is 11.1. The summed E-state index contributed by atoms with van der Waals surface area (Å²) in [5, 5.41) is 2.83. The Hall–Kier alpha value is -0.570. The molecule has 3 nitrogen and oxygen atoms in total. The molecular formula is C7H15N2O+. The Morgan fingerprint density at radius 3 is 2.70 bits per heavy atom. The Bertz CT molecular complexity index is 141. The Balaban J connectivity index is 2.22. The van der Waals surface area contributed by atoms with Gasteiger partial charge in [-0.05, 0) is 6.42 Å². The number of amides is 1. The Kier molecular flexibility index (Phi) is 1.94. The first-order valence-electron chi connectivity index (χ1n) is 3.83. The molecule has 0 aromatic heterocycles. The van der Waals surface area contributed by atoms with Gasteiger partial charge in [0.1, 0.15) is 0 Å². The minimum absolute atomic E-state index is 0.134. The van der Waals surface area contributed by atoms with Gasteiger partial charge < -0.3 is 11.1 Å². The third-order valence-electron chi connectivity index (χ3n) is 1.87. The van der Waals surface area contributed by atoms with E-state index in [0.29, 0.717) is 0 Å². The maximum absolute atomic E-state index is 11.1. The van der Waals surface area contributed by atoms with Crippen molar-refractivity contribution in [3.63, 3.8) is 0 Å². The first kappa shape index (κ1) is 7.54. The van der Waals surface area contributed by atoms with Crippen LogP contribution in [0.2, 0.25) is 0 Å². The predicted molar refractivity (Wildman–Crippen MR) is 38.2 cm³/mol. The summed E-state index contributed by atoms with van der Waals surface area (Å²) < 4.78 is 0. The number of carbonyl (C=O) groups is 1.